The van der Waals surface area contributed by atoms with Gasteiger partial charge in [-0.05, 0) is 45.6 Å². The van der Waals surface area contributed by atoms with Crippen LogP contribution in [0.4, 0.5) is 0 Å². The van der Waals surface area contributed by atoms with Gasteiger partial charge in [-0.2, -0.15) is 0 Å². The number of aliphatic carboxylic acids is 1. The minimum Gasteiger partial charge on any atom is -0.508 e. The lowest BCUT2D eigenvalue weighted by Gasteiger charge is -2.30. The minimum absolute atomic E-state index is 0.0706. The third-order valence-electron chi connectivity index (χ3n) is 4.21. The molecule has 0 heterocycles. The fourth-order valence-corrected chi connectivity index (χ4v) is 2.97. The maximum atomic E-state index is 10.9. The summed E-state index contributed by atoms with van der Waals surface area (Å²) < 4.78 is 0. The van der Waals surface area contributed by atoms with Gasteiger partial charge in [-0.1, -0.05) is 17.7 Å². The molecule has 4 heteroatoms. The molecule has 0 bridgehead atoms. The molecule has 20 heavy (non-hydrogen) atoms. The van der Waals surface area contributed by atoms with Gasteiger partial charge in [-0.3, -0.25) is 4.79 Å². The van der Waals surface area contributed by atoms with Gasteiger partial charge in [0.1, 0.15) is 5.75 Å². The lowest BCUT2D eigenvalue weighted by Crippen LogP contribution is -2.36. The van der Waals surface area contributed by atoms with Crippen molar-refractivity contribution in [3.05, 3.63) is 29.3 Å². The van der Waals surface area contributed by atoms with Crippen LogP contribution < -0.4 is 5.32 Å². The van der Waals surface area contributed by atoms with E-state index in [4.69, 9.17) is 5.11 Å². The van der Waals surface area contributed by atoms with E-state index in [1.54, 1.807) is 6.07 Å². The summed E-state index contributed by atoms with van der Waals surface area (Å²) in [5.41, 5.74) is 2.03. The van der Waals surface area contributed by atoms with Gasteiger partial charge in [-0.25, -0.2) is 0 Å². The summed E-state index contributed by atoms with van der Waals surface area (Å²) in [6, 6.07) is 6.02. The number of phenolic OH excluding ortho intramolecular Hbond substituents is 1. The fourth-order valence-electron chi connectivity index (χ4n) is 2.97. The van der Waals surface area contributed by atoms with Gasteiger partial charge < -0.3 is 15.5 Å². The Morgan fingerprint density at radius 2 is 1.95 bits per heavy atom. The Kier molecular flexibility index (Phi) is 4.65. The van der Waals surface area contributed by atoms with Crippen molar-refractivity contribution in [2.75, 3.05) is 0 Å². The molecule has 1 aliphatic carbocycles. The van der Waals surface area contributed by atoms with E-state index in [1.165, 1.54) is 0 Å². The maximum absolute atomic E-state index is 10.9. The molecular weight excluding hydrogens is 254 g/mol. The zero-order chi connectivity index (χ0) is 14.7. The molecule has 1 saturated carbocycles. The van der Waals surface area contributed by atoms with Crippen LogP contribution in [0, 0.1) is 12.8 Å². The molecule has 0 saturated heterocycles. The molecule has 1 aromatic rings. The summed E-state index contributed by atoms with van der Waals surface area (Å²) >= 11 is 0. The number of aromatic hydroxyl groups is 1. The first-order valence-corrected chi connectivity index (χ1v) is 7.25. The summed E-state index contributed by atoms with van der Waals surface area (Å²) in [5, 5.41) is 22.4. The summed E-state index contributed by atoms with van der Waals surface area (Å²) in [6.45, 7) is 4.05. The number of hydrogen-bond donors (Lipinski definition) is 3. The predicted octanol–water partition coefficient (Wildman–Crippen LogP) is 2.99. The van der Waals surface area contributed by atoms with E-state index in [1.807, 2.05) is 26.0 Å². The second-order valence-corrected chi connectivity index (χ2v) is 5.84. The number of hydrogen-bond acceptors (Lipinski definition) is 3. The highest BCUT2D eigenvalue weighted by Crippen LogP contribution is 2.29. The van der Waals surface area contributed by atoms with Crippen molar-refractivity contribution in [3.63, 3.8) is 0 Å². The molecule has 1 fully saturated rings. The van der Waals surface area contributed by atoms with Crippen LogP contribution in [0.2, 0.25) is 0 Å². The molecule has 3 N–H and O–H groups in total. The summed E-state index contributed by atoms with van der Waals surface area (Å²) in [4.78, 5) is 10.9. The van der Waals surface area contributed by atoms with Gasteiger partial charge in [-0.15, -0.1) is 0 Å². The molecule has 1 aliphatic rings. The topological polar surface area (TPSA) is 69.6 Å². The Labute approximate surface area is 119 Å². The summed E-state index contributed by atoms with van der Waals surface area (Å²) in [6.07, 6.45) is 3.24. The van der Waals surface area contributed by atoms with Crippen LogP contribution in [0.25, 0.3) is 0 Å². The third kappa shape index (κ3) is 3.51. The van der Waals surface area contributed by atoms with Gasteiger partial charge in [0.05, 0.1) is 5.92 Å². The van der Waals surface area contributed by atoms with Gasteiger partial charge in [0.25, 0.3) is 0 Å². The standard InChI is InChI=1S/C16H23NO3/c1-10-3-8-15(18)14(9-10)11(2)17-13-6-4-12(5-7-13)16(19)20/h3,8-9,11-13,17-18H,4-7H2,1-2H3,(H,19,20). The van der Waals surface area contributed by atoms with Gasteiger partial charge in [0.2, 0.25) is 0 Å². The van der Waals surface area contributed by atoms with E-state index in [0.717, 1.165) is 36.8 Å². The van der Waals surface area contributed by atoms with E-state index in [0.29, 0.717) is 11.8 Å². The number of benzene rings is 1. The third-order valence-corrected chi connectivity index (χ3v) is 4.21. The Balaban J connectivity index is 1.94. The molecule has 1 unspecified atom stereocenters. The van der Waals surface area contributed by atoms with Crippen LogP contribution in [0.5, 0.6) is 5.75 Å². The zero-order valence-corrected chi connectivity index (χ0v) is 12.1. The number of carbonyl (C=O) groups is 1. The van der Waals surface area contributed by atoms with Crippen LogP contribution in [0.15, 0.2) is 18.2 Å². The van der Waals surface area contributed by atoms with Crippen LogP contribution in [-0.2, 0) is 4.79 Å². The van der Waals surface area contributed by atoms with Crippen LogP contribution >= 0.6 is 0 Å². The molecule has 0 spiro atoms. The monoisotopic (exact) mass is 277 g/mol. The van der Waals surface area contributed by atoms with Crippen LogP contribution in [-0.4, -0.2) is 22.2 Å². The lowest BCUT2D eigenvalue weighted by atomic mass is 9.85. The van der Waals surface area contributed by atoms with Crippen molar-refractivity contribution < 1.29 is 15.0 Å². The molecular formula is C16H23NO3. The molecule has 4 nitrogen and oxygen atoms in total. The Hall–Kier alpha value is -1.55. The number of aryl methyl sites for hydroxylation is 1. The first-order valence-electron chi connectivity index (χ1n) is 7.25. The molecule has 1 aromatic carbocycles. The quantitative estimate of drug-likeness (QED) is 0.791. The van der Waals surface area contributed by atoms with E-state index in [2.05, 4.69) is 5.32 Å². The van der Waals surface area contributed by atoms with Crippen molar-refractivity contribution in [1.82, 2.24) is 5.32 Å². The smallest absolute Gasteiger partial charge is 0.306 e. The van der Waals surface area contributed by atoms with Crippen molar-refractivity contribution >= 4 is 5.97 Å². The van der Waals surface area contributed by atoms with E-state index >= 15 is 0 Å². The highest BCUT2D eigenvalue weighted by Gasteiger charge is 2.26. The highest BCUT2D eigenvalue weighted by atomic mass is 16.4. The number of rotatable bonds is 4. The Morgan fingerprint density at radius 3 is 2.55 bits per heavy atom. The van der Waals surface area contributed by atoms with E-state index < -0.39 is 5.97 Å². The van der Waals surface area contributed by atoms with Gasteiger partial charge in [0.15, 0.2) is 0 Å². The Morgan fingerprint density at radius 1 is 1.30 bits per heavy atom. The van der Waals surface area contributed by atoms with Crippen LogP contribution in [0.3, 0.4) is 0 Å². The summed E-state index contributed by atoms with van der Waals surface area (Å²) in [7, 11) is 0. The SMILES string of the molecule is Cc1ccc(O)c(C(C)NC2CCC(C(=O)O)CC2)c1. The number of phenols is 1. The van der Waals surface area contributed by atoms with Crippen LogP contribution in [0.1, 0.15) is 49.8 Å². The fraction of sp³-hybridized carbons (Fsp3) is 0.562. The van der Waals surface area contributed by atoms with Gasteiger partial charge in [0, 0.05) is 17.6 Å². The molecule has 0 aromatic heterocycles. The number of carboxylic acids is 1. The average Bonchev–Trinajstić information content (AvgIpc) is 2.42. The maximum Gasteiger partial charge on any atom is 0.306 e. The zero-order valence-electron chi connectivity index (χ0n) is 12.1. The van der Waals surface area contributed by atoms with Crippen molar-refractivity contribution in [2.24, 2.45) is 5.92 Å². The molecule has 2 rings (SSSR count). The Bertz CT molecular complexity index is 479. The van der Waals surface area contributed by atoms with E-state index in [-0.39, 0.29) is 12.0 Å². The largest absolute Gasteiger partial charge is 0.508 e. The van der Waals surface area contributed by atoms with Crippen molar-refractivity contribution in [2.45, 2.75) is 51.6 Å². The first kappa shape index (κ1) is 14.9. The molecule has 0 amide bonds. The molecule has 0 aliphatic heterocycles. The van der Waals surface area contributed by atoms with Crippen molar-refractivity contribution in [3.8, 4) is 5.75 Å². The predicted molar refractivity (Wildman–Crippen MR) is 77.8 cm³/mol. The number of carboxylic acid groups (broad SMARTS) is 1. The van der Waals surface area contributed by atoms with E-state index in [9.17, 15) is 9.90 Å². The normalized spacial score (nSPS) is 24.3. The second kappa shape index (κ2) is 6.27. The van der Waals surface area contributed by atoms with Gasteiger partial charge >= 0.3 is 5.97 Å². The lowest BCUT2D eigenvalue weighted by molar-refractivity contribution is -0.142. The second-order valence-electron chi connectivity index (χ2n) is 5.84. The first-order chi connectivity index (χ1) is 9.47. The number of nitrogens with one attached hydrogen (secondary N) is 1. The minimum atomic E-state index is -0.673. The molecule has 1 atom stereocenters. The molecule has 0 radical (unpaired) electrons. The highest BCUT2D eigenvalue weighted by molar-refractivity contribution is 5.70. The summed E-state index contributed by atoms with van der Waals surface area (Å²) in [5.74, 6) is -0.543. The van der Waals surface area contributed by atoms with Crippen molar-refractivity contribution in [1.29, 1.82) is 0 Å². The molecule has 110 valence electrons. The average molecular weight is 277 g/mol.